The molecule has 11 heavy (non-hydrogen) atoms. The maximum atomic E-state index is 10.6. The summed E-state index contributed by atoms with van der Waals surface area (Å²) in [6.45, 7) is 3.50. The molecule has 0 fully saturated rings. The van der Waals surface area contributed by atoms with Crippen molar-refractivity contribution in [1.29, 1.82) is 0 Å². The van der Waals surface area contributed by atoms with Gasteiger partial charge in [-0.25, -0.2) is 0 Å². The summed E-state index contributed by atoms with van der Waals surface area (Å²) >= 11 is 0. The lowest BCUT2D eigenvalue weighted by molar-refractivity contribution is -0.889. The minimum absolute atomic E-state index is 0.369. The van der Waals surface area contributed by atoms with Crippen LogP contribution in [0.4, 0.5) is 0 Å². The van der Waals surface area contributed by atoms with E-state index >= 15 is 0 Å². The number of hydrogen-bond acceptors (Lipinski definition) is 2. The lowest BCUT2D eigenvalue weighted by Crippen LogP contribution is -2.54. The molecule has 0 aromatic heterocycles. The van der Waals surface area contributed by atoms with E-state index in [1.807, 2.05) is 21.1 Å². The first kappa shape index (κ1) is 10.2. The first-order valence-corrected chi connectivity index (χ1v) is 3.52. The number of carboxylic acid groups (broad SMARTS) is 1. The summed E-state index contributed by atoms with van der Waals surface area (Å²) in [7, 11) is 5.47. The van der Waals surface area contributed by atoms with Crippen LogP contribution in [0.25, 0.3) is 0 Å². The summed E-state index contributed by atoms with van der Waals surface area (Å²) in [4.78, 5) is 10.6. The highest BCUT2D eigenvalue weighted by atomic mass is 16.4. The second-order valence-corrected chi connectivity index (χ2v) is 3.48. The second-order valence-electron chi connectivity index (χ2n) is 3.48. The molecular formula is C8H15NO2. The van der Waals surface area contributed by atoms with E-state index in [4.69, 9.17) is 0 Å². The summed E-state index contributed by atoms with van der Waals surface area (Å²) in [6.07, 6.45) is 2.05. The van der Waals surface area contributed by atoms with E-state index in [-0.39, 0.29) is 0 Å². The molecule has 0 bridgehead atoms. The molecule has 1 unspecified atom stereocenters. The van der Waals surface area contributed by atoms with Crippen LogP contribution in [0.2, 0.25) is 0 Å². The van der Waals surface area contributed by atoms with Crippen molar-refractivity contribution >= 4 is 5.97 Å². The third-order valence-electron chi connectivity index (χ3n) is 1.60. The standard InChI is InChI=1S/C8H15NO2/c1-5-6-7(8(10)11)9(2,3)4/h5,7H,1,6H2,2-4H3. The van der Waals surface area contributed by atoms with Gasteiger partial charge in [0.05, 0.1) is 27.1 Å². The van der Waals surface area contributed by atoms with Crippen LogP contribution in [0.3, 0.4) is 0 Å². The number of rotatable bonds is 4. The van der Waals surface area contributed by atoms with Crippen LogP contribution in [0.1, 0.15) is 6.42 Å². The molecule has 0 aliphatic rings. The van der Waals surface area contributed by atoms with Crippen LogP contribution in [0.15, 0.2) is 12.7 Å². The monoisotopic (exact) mass is 157 g/mol. The van der Waals surface area contributed by atoms with Gasteiger partial charge in [0.1, 0.15) is 6.04 Å². The Bertz CT molecular complexity index is 158. The number of carboxylic acids is 1. The molecule has 0 N–H and O–H groups in total. The van der Waals surface area contributed by atoms with Crippen molar-refractivity contribution in [3.05, 3.63) is 12.7 Å². The summed E-state index contributed by atoms with van der Waals surface area (Å²) in [5.74, 6) is -1.02. The first-order valence-electron chi connectivity index (χ1n) is 3.52. The Morgan fingerprint density at radius 3 is 2.18 bits per heavy atom. The molecule has 0 rings (SSSR count). The van der Waals surface area contributed by atoms with E-state index in [2.05, 4.69) is 6.58 Å². The van der Waals surface area contributed by atoms with Crippen LogP contribution >= 0.6 is 0 Å². The summed E-state index contributed by atoms with van der Waals surface area (Å²) in [5.41, 5.74) is 0. The molecule has 0 aromatic rings. The van der Waals surface area contributed by atoms with Gasteiger partial charge in [0, 0.05) is 6.42 Å². The topological polar surface area (TPSA) is 40.1 Å². The Morgan fingerprint density at radius 2 is 2.09 bits per heavy atom. The molecule has 0 aliphatic heterocycles. The molecule has 0 amide bonds. The maximum Gasteiger partial charge on any atom is 0.132 e. The number of carbonyl (C=O) groups is 1. The van der Waals surface area contributed by atoms with Gasteiger partial charge in [-0.15, -0.1) is 6.58 Å². The Kier molecular flexibility index (Phi) is 3.26. The van der Waals surface area contributed by atoms with E-state index in [0.29, 0.717) is 10.9 Å². The molecule has 0 aliphatic carbocycles. The van der Waals surface area contributed by atoms with Crippen molar-refractivity contribution in [3.63, 3.8) is 0 Å². The van der Waals surface area contributed by atoms with Crippen LogP contribution in [0, 0.1) is 0 Å². The number of likely N-dealkylation sites (N-methyl/N-ethyl adjacent to an activating group) is 1. The molecule has 1 atom stereocenters. The van der Waals surface area contributed by atoms with Crippen molar-refractivity contribution < 1.29 is 14.4 Å². The molecule has 0 saturated carbocycles. The number of aliphatic carboxylic acids is 1. The summed E-state index contributed by atoms with van der Waals surface area (Å²) in [5, 5.41) is 10.6. The molecule has 3 heteroatoms. The largest absolute Gasteiger partial charge is 0.544 e. The Balaban J connectivity index is 4.34. The minimum atomic E-state index is -1.02. The zero-order chi connectivity index (χ0) is 9.07. The highest BCUT2D eigenvalue weighted by Gasteiger charge is 2.22. The van der Waals surface area contributed by atoms with Crippen molar-refractivity contribution in [2.45, 2.75) is 12.5 Å². The van der Waals surface area contributed by atoms with Gasteiger partial charge in [-0.1, -0.05) is 6.08 Å². The fraction of sp³-hybridized carbons (Fsp3) is 0.625. The van der Waals surface area contributed by atoms with Crippen molar-refractivity contribution in [2.75, 3.05) is 21.1 Å². The number of nitrogens with zero attached hydrogens (tertiary/aromatic N) is 1. The van der Waals surface area contributed by atoms with E-state index in [9.17, 15) is 9.90 Å². The molecule has 3 nitrogen and oxygen atoms in total. The number of carbonyl (C=O) groups excluding carboxylic acids is 1. The Hall–Kier alpha value is -0.830. The Labute approximate surface area is 67.5 Å². The van der Waals surface area contributed by atoms with Gasteiger partial charge in [-0.3, -0.25) is 0 Å². The maximum absolute atomic E-state index is 10.6. The molecular weight excluding hydrogens is 142 g/mol. The smallest absolute Gasteiger partial charge is 0.132 e. The predicted molar refractivity (Wildman–Crippen MR) is 41.6 cm³/mol. The third-order valence-corrected chi connectivity index (χ3v) is 1.60. The van der Waals surface area contributed by atoms with Crippen LogP contribution in [-0.2, 0) is 4.79 Å². The molecule has 0 heterocycles. The van der Waals surface area contributed by atoms with Crippen LogP contribution in [-0.4, -0.2) is 37.6 Å². The minimum Gasteiger partial charge on any atom is -0.544 e. The van der Waals surface area contributed by atoms with E-state index in [0.717, 1.165) is 0 Å². The van der Waals surface area contributed by atoms with Crippen LogP contribution < -0.4 is 5.11 Å². The zero-order valence-electron chi connectivity index (χ0n) is 7.33. The average Bonchev–Trinajstić information content (AvgIpc) is 1.79. The fourth-order valence-electron chi connectivity index (χ4n) is 0.887. The van der Waals surface area contributed by atoms with E-state index in [1.54, 1.807) is 6.08 Å². The van der Waals surface area contributed by atoms with Gasteiger partial charge in [0.25, 0.3) is 0 Å². The van der Waals surface area contributed by atoms with Gasteiger partial charge >= 0.3 is 0 Å². The van der Waals surface area contributed by atoms with Gasteiger partial charge in [-0.05, 0) is 0 Å². The fourth-order valence-corrected chi connectivity index (χ4v) is 0.887. The molecule has 64 valence electrons. The number of quaternary nitrogens is 1. The molecule has 0 saturated heterocycles. The quantitative estimate of drug-likeness (QED) is 0.403. The average molecular weight is 157 g/mol. The van der Waals surface area contributed by atoms with Gasteiger partial charge in [0.15, 0.2) is 0 Å². The highest BCUT2D eigenvalue weighted by molar-refractivity contribution is 5.70. The lowest BCUT2D eigenvalue weighted by atomic mass is 10.1. The normalized spacial score (nSPS) is 14.1. The van der Waals surface area contributed by atoms with Crippen LogP contribution in [0.5, 0.6) is 0 Å². The molecule has 0 aromatic carbocycles. The van der Waals surface area contributed by atoms with Crippen molar-refractivity contribution in [2.24, 2.45) is 0 Å². The van der Waals surface area contributed by atoms with Gasteiger partial charge in [-0.2, -0.15) is 0 Å². The first-order chi connectivity index (χ1) is 4.89. The van der Waals surface area contributed by atoms with Crippen molar-refractivity contribution in [3.8, 4) is 0 Å². The van der Waals surface area contributed by atoms with Crippen molar-refractivity contribution in [1.82, 2.24) is 0 Å². The lowest BCUT2D eigenvalue weighted by Gasteiger charge is -2.33. The third kappa shape index (κ3) is 3.18. The van der Waals surface area contributed by atoms with Gasteiger partial charge < -0.3 is 14.4 Å². The highest BCUT2D eigenvalue weighted by Crippen LogP contribution is 2.06. The van der Waals surface area contributed by atoms with Gasteiger partial charge in [0.2, 0.25) is 0 Å². The Morgan fingerprint density at radius 1 is 1.64 bits per heavy atom. The summed E-state index contributed by atoms with van der Waals surface area (Å²) < 4.78 is 0.369. The molecule has 0 spiro atoms. The summed E-state index contributed by atoms with van der Waals surface area (Å²) in [6, 6.07) is -0.493. The SMILES string of the molecule is C=CCC(C(=O)[O-])[N+](C)(C)C. The zero-order valence-corrected chi connectivity index (χ0v) is 7.33. The molecule has 0 radical (unpaired) electrons. The van der Waals surface area contributed by atoms with E-state index < -0.39 is 12.0 Å². The predicted octanol–water partition coefficient (Wildman–Crippen LogP) is -0.613. The second kappa shape index (κ2) is 3.53. The van der Waals surface area contributed by atoms with E-state index in [1.165, 1.54) is 0 Å². The number of hydrogen-bond donors (Lipinski definition) is 0.